The zero-order valence-electron chi connectivity index (χ0n) is 6.75. The van der Waals surface area contributed by atoms with Gasteiger partial charge in [-0.3, -0.25) is 4.57 Å². The Morgan fingerprint density at radius 2 is 1.91 bits per heavy atom. The van der Waals surface area contributed by atoms with Gasteiger partial charge in [0.25, 0.3) is 0 Å². The lowest BCUT2D eigenvalue weighted by molar-refractivity contribution is 0.345. The third kappa shape index (κ3) is 2.86. The highest BCUT2D eigenvalue weighted by Crippen LogP contribution is 2.58. The number of hydrogen-bond acceptors (Lipinski definition) is 1. The lowest BCUT2D eigenvalue weighted by Gasteiger charge is -2.26. The van der Waals surface area contributed by atoms with E-state index in [1.54, 1.807) is 6.92 Å². The van der Waals surface area contributed by atoms with Crippen LogP contribution in [0.5, 0.6) is 0 Å². The first-order chi connectivity index (χ1) is 4.87. The van der Waals surface area contributed by atoms with E-state index in [0.717, 1.165) is 6.42 Å². The van der Waals surface area contributed by atoms with E-state index in [0.29, 0.717) is 12.8 Å². The molecule has 0 bridgehead atoms. The van der Waals surface area contributed by atoms with Crippen molar-refractivity contribution in [3.05, 3.63) is 0 Å². The number of hydrogen-bond donors (Lipinski definition) is 2. The van der Waals surface area contributed by atoms with Crippen molar-refractivity contribution >= 4 is 23.5 Å². The van der Waals surface area contributed by atoms with Gasteiger partial charge in [0.15, 0.2) is 0 Å². The van der Waals surface area contributed by atoms with Gasteiger partial charge in [-0.05, 0) is 12.8 Å². The Labute approximate surface area is 75.5 Å². The van der Waals surface area contributed by atoms with Gasteiger partial charge in [0.1, 0.15) is 4.07 Å². The summed E-state index contributed by atoms with van der Waals surface area (Å²) in [4.78, 5) is 17.9. The molecule has 0 saturated carbocycles. The second kappa shape index (κ2) is 4.04. The summed E-state index contributed by atoms with van der Waals surface area (Å²) >= 11 is 3.10. The van der Waals surface area contributed by atoms with E-state index < -0.39 is 11.7 Å². The molecule has 11 heavy (non-hydrogen) atoms. The van der Waals surface area contributed by atoms with Crippen LogP contribution in [-0.4, -0.2) is 13.9 Å². The minimum atomic E-state index is -3.99. The SMILES string of the molecule is CCCC(Br)(CC)P(=O)(O)O. The molecule has 0 aliphatic rings. The van der Waals surface area contributed by atoms with E-state index in [1.807, 2.05) is 6.92 Å². The molecule has 0 spiro atoms. The van der Waals surface area contributed by atoms with Gasteiger partial charge < -0.3 is 9.79 Å². The Bertz CT molecular complexity index is 167. The molecular formula is C6H14BrO3P. The molecule has 0 rings (SSSR count). The van der Waals surface area contributed by atoms with Crippen LogP contribution in [0.4, 0.5) is 0 Å². The van der Waals surface area contributed by atoms with Crippen LogP contribution >= 0.6 is 23.5 Å². The van der Waals surface area contributed by atoms with Crippen molar-refractivity contribution in [1.82, 2.24) is 0 Å². The molecule has 0 aromatic heterocycles. The summed E-state index contributed by atoms with van der Waals surface area (Å²) in [6, 6.07) is 0. The van der Waals surface area contributed by atoms with Crippen molar-refractivity contribution in [2.24, 2.45) is 0 Å². The molecule has 0 fully saturated rings. The van der Waals surface area contributed by atoms with E-state index in [-0.39, 0.29) is 0 Å². The zero-order valence-corrected chi connectivity index (χ0v) is 9.23. The molecule has 1 unspecified atom stereocenters. The maximum Gasteiger partial charge on any atom is 0.342 e. The Hall–Kier alpha value is 0.630. The molecule has 68 valence electrons. The highest BCUT2D eigenvalue weighted by atomic mass is 79.9. The van der Waals surface area contributed by atoms with Gasteiger partial charge in [-0.15, -0.1) is 0 Å². The lowest BCUT2D eigenvalue weighted by Crippen LogP contribution is -2.18. The number of rotatable bonds is 4. The lowest BCUT2D eigenvalue weighted by atomic mass is 10.2. The van der Waals surface area contributed by atoms with E-state index in [1.165, 1.54) is 0 Å². The molecule has 1 atom stereocenters. The molecule has 0 heterocycles. The van der Waals surface area contributed by atoms with Gasteiger partial charge in [0, 0.05) is 0 Å². The topological polar surface area (TPSA) is 57.5 Å². The van der Waals surface area contributed by atoms with Crippen molar-refractivity contribution in [3.8, 4) is 0 Å². The first-order valence-corrected chi connectivity index (χ1v) is 6.02. The van der Waals surface area contributed by atoms with Gasteiger partial charge in [-0.2, -0.15) is 0 Å². The Morgan fingerprint density at radius 1 is 1.45 bits per heavy atom. The average Bonchev–Trinajstić information content (AvgIpc) is 1.86. The average molecular weight is 245 g/mol. The third-order valence-electron chi connectivity index (χ3n) is 1.70. The zero-order chi connectivity index (χ0) is 9.12. The Kier molecular flexibility index (Phi) is 4.27. The predicted octanol–water partition coefficient (Wildman–Crippen LogP) is 2.47. The van der Waals surface area contributed by atoms with Crippen LogP contribution in [0.15, 0.2) is 0 Å². The molecule has 0 aromatic rings. The standard InChI is InChI=1S/C6H14BrO3P/c1-3-5-6(7,4-2)11(8,9)10/h3-5H2,1-2H3,(H2,8,9,10). The van der Waals surface area contributed by atoms with Crippen LogP contribution in [-0.2, 0) is 4.57 Å². The fourth-order valence-corrected chi connectivity index (χ4v) is 2.23. The predicted molar refractivity (Wildman–Crippen MR) is 48.9 cm³/mol. The molecule has 2 N–H and O–H groups in total. The molecule has 0 amide bonds. The number of halogens is 1. The summed E-state index contributed by atoms with van der Waals surface area (Å²) in [7, 11) is -3.99. The monoisotopic (exact) mass is 244 g/mol. The first kappa shape index (κ1) is 11.6. The molecular weight excluding hydrogens is 231 g/mol. The summed E-state index contributed by atoms with van der Waals surface area (Å²) in [5.74, 6) is 0. The van der Waals surface area contributed by atoms with Crippen LogP contribution in [0, 0.1) is 0 Å². The third-order valence-corrected chi connectivity index (χ3v) is 5.62. The molecule has 0 aliphatic carbocycles. The highest BCUT2D eigenvalue weighted by Gasteiger charge is 2.41. The Balaban J connectivity index is 4.47. The second-order valence-electron chi connectivity index (χ2n) is 2.57. The summed E-state index contributed by atoms with van der Waals surface area (Å²) in [5.41, 5.74) is 0. The Morgan fingerprint density at radius 3 is 2.00 bits per heavy atom. The van der Waals surface area contributed by atoms with E-state index in [2.05, 4.69) is 15.9 Å². The van der Waals surface area contributed by atoms with Crippen molar-refractivity contribution in [2.75, 3.05) is 0 Å². The smallest absolute Gasteiger partial charge is 0.323 e. The van der Waals surface area contributed by atoms with Crippen LogP contribution in [0.1, 0.15) is 33.1 Å². The van der Waals surface area contributed by atoms with Gasteiger partial charge in [-0.1, -0.05) is 36.2 Å². The summed E-state index contributed by atoms with van der Waals surface area (Å²) in [6.45, 7) is 3.67. The van der Waals surface area contributed by atoms with Gasteiger partial charge >= 0.3 is 7.60 Å². The molecule has 0 saturated heterocycles. The minimum Gasteiger partial charge on any atom is -0.323 e. The van der Waals surface area contributed by atoms with Crippen molar-refractivity contribution in [3.63, 3.8) is 0 Å². The van der Waals surface area contributed by atoms with E-state index in [4.69, 9.17) is 9.79 Å². The van der Waals surface area contributed by atoms with Gasteiger partial charge in [0.2, 0.25) is 0 Å². The quantitative estimate of drug-likeness (QED) is 0.590. The largest absolute Gasteiger partial charge is 0.342 e. The first-order valence-electron chi connectivity index (χ1n) is 3.62. The maximum absolute atomic E-state index is 10.9. The summed E-state index contributed by atoms with van der Waals surface area (Å²) in [5, 5.41) is 0. The van der Waals surface area contributed by atoms with Crippen LogP contribution < -0.4 is 0 Å². The second-order valence-corrected chi connectivity index (χ2v) is 6.64. The fraction of sp³-hybridized carbons (Fsp3) is 1.00. The van der Waals surface area contributed by atoms with Crippen LogP contribution in [0.3, 0.4) is 0 Å². The molecule has 0 radical (unpaired) electrons. The molecule has 0 aliphatic heterocycles. The van der Waals surface area contributed by atoms with Crippen molar-refractivity contribution in [2.45, 2.75) is 37.2 Å². The van der Waals surface area contributed by atoms with Gasteiger partial charge in [0.05, 0.1) is 0 Å². The number of alkyl halides is 1. The van der Waals surface area contributed by atoms with Crippen molar-refractivity contribution < 1.29 is 14.4 Å². The summed E-state index contributed by atoms with van der Waals surface area (Å²) in [6.07, 6.45) is 1.73. The van der Waals surface area contributed by atoms with E-state index >= 15 is 0 Å². The molecule has 0 aromatic carbocycles. The fourth-order valence-electron chi connectivity index (χ4n) is 0.911. The maximum atomic E-state index is 10.9. The van der Waals surface area contributed by atoms with Gasteiger partial charge in [-0.25, -0.2) is 0 Å². The molecule has 5 heteroatoms. The van der Waals surface area contributed by atoms with Crippen LogP contribution in [0.25, 0.3) is 0 Å². The summed E-state index contributed by atoms with van der Waals surface area (Å²) < 4.78 is 9.93. The highest BCUT2D eigenvalue weighted by molar-refractivity contribution is 9.11. The van der Waals surface area contributed by atoms with Crippen molar-refractivity contribution in [1.29, 1.82) is 0 Å². The minimum absolute atomic E-state index is 0.450. The molecule has 3 nitrogen and oxygen atoms in total. The van der Waals surface area contributed by atoms with Crippen LogP contribution in [0.2, 0.25) is 0 Å². The normalized spacial score (nSPS) is 17.9. The van der Waals surface area contributed by atoms with E-state index in [9.17, 15) is 4.57 Å².